The first-order valence-electron chi connectivity index (χ1n) is 9.91. The largest absolute Gasteiger partial charge is 0.351 e. The molecule has 1 N–H and O–H groups in total. The van der Waals surface area contributed by atoms with Crippen molar-refractivity contribution in [3.8, 4) is 0 Å². The fourth-order valence-electron chi connectivity index (χ4n) is 3.91. The van der Waals surface area contributed by atoms with Crippen molar-refractivity contribution in [3.63, 3.8) is 0 Å². The molecule has 5 nitrogen and oxygen atoms in total. The normalized spacial score (nSPS) is 20.2. The molecule has 1 saturated carbocycles. The number of carbonyl (C=O) groups is 1. The van der Waals surface area contributed by atoms with Crippen LogP contribution in [0.5, 0.6) is 0 Å². The summed E-state index contributed by atoms with van der Waals surface area (Å²) in [5.74, 6) is 0.787. The zero-order valence-electron chi connectivity index (χ0n) is 15.4. The van der Waals surface area contributed by atoms with Gasteiger partial charge in [-0.1, -0.05) is 38.5 Å². The van der Waals surface area contributed by atoms with Crippen molar-refractivity contribution >= 4 is 27.3 Å². The smallest absolute Gasteiger partial charge is 0.252 e. The standard InChI is InChI=1S/C19H30N2O3S2/c22-18(11-9-16-7-3-4-8-16)20-15-17-10-12-19(25-17)26(23,24)21-13-5-1-2-6-14-21/h10,12,16H,1-9,11,13-15H2,(H,20,22). The number of sulfonamides is 1. The number of hydrogen-bond donors (Lipinski definition) is 1. The summed E-state index contributed by atoms with van der Waals surface area (Å²) < 4.78 is 27.6. The molecule has 1 saturated heterocycles. The van der Waals surface area contributed by atoms with Crippen LogP contribution < -0.4 is 5.32 Å². The highest BCUT2D eigenvalue weighted by Crippen LogP contribution is 2.29. The molecule has 7 heteroatoms. The maximum absolute atomic E-state index is 12.8. The maximum Gasteiger partial charge on any atom is 0.252 e. The molecular formula is C19H30N2O3S2. The van der Waals surface area contributed by atoms with Crippen LogP contribution in [0.15, 0.2) is 16.3 Å². The van der Waals surface area contributed by atoms with E-state index in [4.69, 9.17) is 0 Å². The van der Waals surface area contributed by atoms with Crippen molar-refractivity contribution in [2.24, 2.45) is 5.92 Å². The minimum atomic E-state index is -3.39. The lowest BCUT2D eigenvalue weighted by Gasteiger charge is -2.18. The second kappa shape index (κ2) is 9.33. The summed E-state index contributed by atoms with van der Waals surface area (Å²) in [6.07, 6.45) is 10.8. The average Bonchev–Trinajstić information content (AvgIpc) is 3.24. The number of amides is 1. The van der Waals surface area contributed by atoms with E-state index in [2.05, 4.69) is 5.32 Å². The summed E-state index contributed by atoms with van der Waals surface area (Å²) in [5, 5.41) is 2.94. The fourth-order valence-corrected chi connectivity index (χ4v) is 6.88. The van der Waals surface area contributed by atoms with Crippen LogP contribution in [-0.2, 0) is 21.4 Å². The molecule has 0 unspecified atom stereocenters. The van der Waals surface area contributed by atoms with Gasteiger partial charge in [-0.25, -0.2) is 8.42 Å². The van der Waals surface area contributed by atoms with Gasteiger partial charge in [-0.3, -0.25) is 4.79 Å². The predicted octanol–water partition coefficient (Wildman–Crippen LogP) is 3.90. The molecule has 0 radical (unpaired) electrons. The molecule has 0 atom stereocenters. The Balaban J connectivity index is 1.49. The first-order valence-corrected chi connectivity index (χ1v) is 12.2. The lowest BCUT2D eigenvalue weighted by molar-refractivity contribution is -0.121. The van der Waals surface area contributed by atoms with Crippen LogP contribution in [0.1, 0.15) is 69.1 Å². The van der Waals surface area contributed by atoms with Gasteiger partial charge in [0.1, 0.15) is 4.21 Å². The average molecular weight is 399 g/mol. The first kappa shape index (κ1) is 19.8. The van der Waals surface area contributed by atoms with E-state index in [-0.39, 0.29) is 5.91 Å². The number of thiophene rings is 1. The molecule has 26 heavy (non-hydrogen) atoms. The van der Waals surface area contributed by atoms with E-state index in [1.54, 1.807) is 10.4 Å². The van der Waals surface area contributed by atoms with Crippen molar-refractivity contribution < 1.29 is 13.2 Å². The van der Waals surface area contributed by atoms with Gasteiger partial charge in [0, 0.05) is 24.4 Å². The van der Waals surface area contributed by atoms with Crippen LogP contribution in [0, 0.1) is 5.92 Å². The second-order valence-electron chi connectivity index (χ2n) is 7.50. The van der Waals surface area contributed by atoms with Crippen molar-refractivity contribution in [1.29, 1.82) is 0 Å². The van der Waals surface area contributed by atoms with Crippen LogP contribution in [0.4, 0.5) is 0 Å². The summed E-state index contributed by atoms with van der Waals surface area (Å²) >= 11 is 1.28. The lowest BCUT2D eigenvalue weighted by atomic mass is 10.0. The molecule has 1 aliphatic heterocycles. The van der Waals surface area contributed by atoms with Gasteiger partial charge < -0.3 is 5.32 Å². The Morgan fingerprint density at radius 3 is 2.46 bits per heavy atom. The topological polar surface area (TPSA) is 66.5 Å². The zero-order valence-corrected chi connectivity index (χ0v) is 17.0. The number of carbonyl (C=O) groups excluding carboxylic acids is 1. The highest BCUT2D eigenvalue weighted by atomic mass is 32.2. The molecule has 3 rings (SSSR count). The summed E-state index contributed by atoms with van der Waals surface area (Å²) in [5.41, 5.74) is 0. The molecule has 146 valence electrons. The van der Waals surface area contributed by atoms with Gasteiger partial charge in [0.15, 0.2) is 0 Å². The van der Waals surface area contributed by atoms with E-state index in [0.717, 1.165) is 37.0 Å². The Morgan fingerprint density at radius 1 is 1.08 bits per heavy atom. The number of nitrogens with one attached hydrogen (secondary N) is 1. The Kier molecular flexibility index (Phi) is 7.12. The molecule has 2 fully saturated rings. The molecule has 0 spiro atoms. The third kappa shape index (κ3) is 5.30. The third-order valence-electron chi connectivity index (χ3n) is 5.51. The van der Waals surface area contributed by atoms with Gasteiger partial charge in [0.25, 0.3) is 10.0 Å². The van der Waals surface area contributed by atoms with Crippen LogP contribution in [0.2, 0.25) is 0 Å². The van der Waals surface area contributed by atoms with E-state index in [9.17, 15) is 13.2 Å². The fraction of sp³-hybridized carbons (Fsp3) is 0.737. The van der Waals surface area contributed by atoms with Crippen LogP contribution in [0.25, 0.3) is 0 Å². The van der Waals surface area contributed by atoms with Gasteiger partial charge in [-0.15, -0.1) is 11.3 Å². The van der Waals surface area contributed by atoms with Gasteiger partial charge in [-0.2, -0.15) is 4.31 Å². The molecule has 1 aromatic heterocycles. The third-order valence-corrected chi connectivity index (χ3v) is 8.96. The lowest BCUT2D eigenvalue weighted by Crippen LogP contribution is -2.31. The minimum Gasteiger partial charge on any atom is -0.351 e. The monoisotopic (exact) mass is 398 g/mol. The molecule has 0 bridgehead atoms. The summed E-state index contributed by atoms with van der Waals surface area (Å²) in [4.78, 5) is 12.9. The van der Waals surface area contributed by atoms with E-state index in [1.807, 2.05) is 6.07 Å². The summed E-state index contributed by atoms with van der Waals surface area (Å²) in [6.45, 7) is 1.66. The molecule has 1 aromatic rings. The van der Waals surface area contributed by atoms with E-state index >= 15 is 0 Å². The van der Waals surface area contributed by atoms with E-state index in [1.165, 1.54) is 37.0 Å². The Bertz CT molecular complexity index is 685. The van der Waals surface area contributed by atoms with Crippen LogP contribution in [-0.4, -0.2) is 31.7 Å². The quantitative estimate of drug-likeness (QED) is 0.757. The molecule has 1 aliphatic carbocycles. The molecule has 1 amide bonds. The minimum absolute atomic E-state index is 0.0715. The number of nitrogens with zero attached hydrogens (tertiary/aromatic N) is 1. The highest BCUT2D eigenvalue weighted by Gasteiger charge is 2.26. The van der Waals surface area contributed by atoms with Crippen molar-refractivity contribution in [2.45, 2.75) is 75.0 Å². The Morgan fingerprint density at radius 2 is 1.77 bits per heavy atom. The molecule has 0 aromatic carbocycles. The predicted molar refractivity (Wildman–Crippen MR) is 105 cm³/mol. The molecule has 2 heterocycles. The van der Waals surface area contributed by atoms with Gasteiger partial charge in [0.2, 0.25) is 5.91 Å². The Hall–Kier alpha value is -0.920. The number of rotatable bonds is 7. The molecular weight excluding hydrogens is 368 g/mol. The van der Waals surface area contributed by atoms with E-state index < -0.39 is 10.0 Å². The van der Waals surface area contributed by atoms with Crippen LogP contribution in [0.3, 0.4) is 0 Å². The van der Waals surface area contributed by atoms with Gasteiger partial charge in [-0.05, 0) is 37.3 Å². The Labute approximate surface area is 161 Å². The van der Waals surface area contributed by atoms with Crippen molar-refractivity contribution in [1.82, 2.24) is 9.62 Å². The van der Waals surface area contributed by atoms with Gasteiger partial charge in [0.05, 0.1) is 6.54 Å². The SMILES string of the molecule is O=C(CCC1CCCC1)NCc1ccc(S(=O)(=O)N2CCCCCC2)s1. The highest BCUT2D eigenvalue weighted by molar-refractivity contribution is 7.91. The van der Waals surface area contributed by atoms with Crippen LogP contribution >= 0.6 is 11.3 Å². The summed E-state index contributed by atoms with van der Waals surface area (Å²) in [7, 11) is -3.39. The van der Waals surface area contributed by atoms with Gasteiger partial charge >= 0.3 is 0 Å². The summed E-state index contributed by atoms with van der Waals surface area (Å²) in [6, 6.07) is 3.51. The van der Waals surface area contributed by atoms with E-state index in [0.29, 0.717) is 36.2 Å². The maximum atomic E-state index is 12.8. The van der Waals surface area contributed by atoms with Crippen molar-refractivity contribution in [2.75, 3.05) is 13.1 Å². The second-order valence-corrected chi connectivity index (χ2v) is 10.8. The van der Waals surface area contributed by atoms with Crippen molar-refractivity contribution in [3.05, 3.63) is 17.0 Å². The first-order chi connectivity index (χ1) is 12.6. The zero-order chi connectivity index (χ0) is 18.4. The number of hydrogen-bond acceptors (Lipinski definition) is 4. The molecule has 2 aliphatic rings.